The summed E-state index contributed by atoms with van der Waals surface area (Å²) in [5.41, 5.74) is 4.24. The Bertz CT molecular complexity index is 863. The Morgan fingerprint density at radius 3 is 2.73 bits per heavy atom. The molecule has 3 N–H and O–H groups in total. The van der Waals surface area contributed by atoms with E-state index in [0.29, 0.717) is 11.4 Å². The molecule has 1 heterocycles. The summed E-state index contributed by atoms with van der Waals surface area (Å²) >= 11 is 0. The third-order valence-electron chi connectivity index (χ3n) is 4.34. The average Bonchev–Trinajstić information content (AvgIpc) is 2.59. The van der Waals surface area contributed by atoms with Gasteiger partial charge >= 0.3 is 0 Å². The van der Waals surface area contributed by atoms with Gasteiger partial charge in [0, 0.05) is 11.4 Å². The second-order valence-electron chi connectivity index (χ2n) is 6.63. The molecule has 0 bridgehead atoms. The van der Waals surface area contributed by atoms with Crippen molar-refractivity contribution < 1.29 is 14.3 Å². The number of carbonyl (C=O) groups is 2. The van der Waals surface area contributed by atoms with Crippen molar-refractivity contribution in [1.82, 2.24) is 0 Å². The lowest BCUT2D eigenvalue weighted by atomic mass is 10.1. The third-order valence-corrected chi connectivity index (χ3v) is 4.34. The largest absolute Gasteiger partial charge is 0.479 e. The molecule has 0 fully saturated rings. The minimum Gasteiger partial charge on any atom is -0.479 e. The van der Waals surface area contributed by atoms with Crippen molar-refractivity contribution in [2.75, 3.05) is 16.0 Å². The van der Waals surface area contributed by atoms with Crippen molar-refractivity contribution in [3.8, 4) is 5.75 Å². The molecule has 0 saturated carbocycles. The Morgan fingerprint density at radius 2 is 1.96 bits per heavy atom. The number of anilines is 3. The van der Waals surface area contributed by atoms with E-state index in [1.165, 1.54) is 0 Å². The van der Waals surface area contributed by atoms with Crippen molar-refractivity contribution in [2.45, 2.75) is 39.8 Å². The Morgan fingerprint density at radius 1 is 1.19 bits per heavy atom. The molecular formula is C20H23N3O3. The number of aryl methyl sites for hydroxylation is 2. The second-order valence-corrected chi connectivity index (χ2v) is 6.63. The summed E-state index contributed by atoms with van der Waals surface area (Å²) in [7, 11) is 0. The predicted octanol–water partition coefficient (Wildman–Crippen LogP) is 3.46. The lowest BCUT2D eigenvalue weighted by molar-refractivity contribution is -0.122. The van der Waals surface area contributed by atoms with Gasteiger partial charge in [-0.1, -0.05) is 12.1 Å². The van der Waals surface area contributed by atoms with E-state index < -0.39 is 12.1 Å². The summed E-state index contributed by atoms with van der Waals surface area (Å²) in [6, 6.07) is 10.9. The fraction of sp³-hybridized carbons (Fsp3) is 0.300. The number of benzene rings is 2. The molecule has 2 aromatic carbocycles. The van der Waals surface area contributed by atoms with Gasteiger partial charge in [-0.3, -0.25) is 9.59 Å². The van der Waals surface area contributed by atoms with Crippen LogP contribution in [-0.2, 0) is 9.59 Å². The van der Waals surface area contributed by atoms with E-state index >= 15 is 0 Å². The van der Waals surface area contributed by atoms with Crippen molar-refractivity contribution in [3.05, 3.63) is 47.5 Å². The van der Waals surface area contributed by atoms with Gasteiger partial charge in [-0.2, -0.15) is 0 Å². The monoisotopic (exact) mass is 353 g/mol. The summed E-state index contributed by atoms with van der Waals surface area (Å²) in [5.74, 6) is 0.302. The molecule has 1 aliphatic heterocycles. The van der Waals surface area contributed by atoms with Crippen LogP contribution in [0.1, 0.15) is 25.0 Å². The number of fused-ring (bicyclic) bond motifs is 1. The summed E-state index contributed by atoms with van der Waals surface area (Å²) in [5, 5.41) is 8.91. The summed E-state index contributed by atoms with van der Waals surface area (Å²) < 4.78 is 5.54. The van der Waals surface area contributed by atoms with Crippen LogP contribution in [0.4, 0.5) is 17.1 Å². The molecule has 136 valence electrons. The molecule has 0 spiro atoms. The van der Waals surface area contributed by atoms with Gasteiger partial charge in [0.25, 0.3) is 5.91 Å². The fourth-order valence-corrected chi connectivity index (χ4v) is 2.73. The van der Waals surface area contributed by atoms with Gasteiger partial charge in [-0.05, 0) is 63.1 Å². The van der Waals surface area contributed by atoms with Crippen LogP contribution in [0.2, 0.25) is 0 Å². The first-order valence-corrected chi connectivity index (χ1v) is 8.59. The maximum Gasteiger partial charge on any atom is 0.265 e. The zero-order chi connectivity index (χ0) is 18.8. The van der Waals surface area contributed by atoms with Gasteiger partial charge in [-0.15, -0.1) is 0 Å². The highest BCUT2D eigenvalue weighted by Gasteiger charge is 2.24. The molecule has 26 heavy (non-hydrogen) atoms. The van der Waals surface area contributed by atoms with E-state index in [1.807, 2.05) is 38.1 Å². The molecule has 2 aromatic rings. The summed E-state index contributed by atoms with van der Waals surface area (Å²) in [6.45, 7) is 7.43. The van der Waals surface area contributed by atoms with Gasteiger partial charge in [0.2, 0.25) is 5.91 Å². The standard InChI is InChI=1S/C20H23N3O3/c1-11-5-6-12(2)16(9-11)22-19(24)13(3)21-15-7-8-18-17(10-15)23-20(25)14(4)26-18/h5-10,13-14,21H,1-4H3,(H,22,24)(H,23,25)/t13-,14-/m1/s1. The number of amides is 2. The number of rotatable bonds is 4. The van der Waals surface area contributed by atoms with Crippen LogP contribution >= 0.6 is 0 Å². The van der Waals surface area contributed by atoms with Gasteiger partial charge in [-0.25, -0.2) is 0 Å². The number of hydrogen-bond acceptors (Lipinski definition) is 4. The highest BCUT2D eigenvalue weighted by molar-refractivity contribution is 5.99. The minimum absolute atomic E-state index is 0.134. The van der Waals surface area contributed by atoms with Crippen LogP contribution in [0.5, 0.6) is 5.75 Å². The van der Waals surface area contributed by atoms with E-state index in [9.17, 15) is 9.59 Å². The molecule has 0 aromatic heterocycles. The minimum atomic E-state index is -0.511. The number of carbonyl (C=O) groups excluding carboxylic acids is 2. The quantitative estimate of drug-likeness (QED) is 0.786. The van der Waals surface area contributed by atoms with Crippen LogP contribution in [0, 0.1) is 13.8 Å². The second kappa shape index (κ2) is 7.07. The van der Waals surface area contributed by atoms with Crippen molar-refractivity contribution in [1.29, 1.82) is 0 Å². The summed E-state index contributed by atoms with van der Waals surface area (Å²) in [6.07, 6.45) is -0.511. The first-order chi connectivity index (χ1) is 12.3. The van der Waals surface area contributed by atoms with Gasteiger partial charge in [0.05, 0.1) is 5.69 Å². The third kappa shape index (κ3) is 3.79. The first-order valence-electron chi connectivity index (χ1n) is 8.59. The topological polar surface area (TPSA) is 79.5 Å². The number of nitrogens with one attached hydrogen (secondary N) is 3. The lowest BCUT2D eigenvalue weighted by Crippen LogP contribution is -2.34. The van der Waals surface area contributed by atoms with Crippen LogP contribution in [-0.4, -0.2) is 24.0 Å². The van der Waals surface area contributed by atoms with Crippen molar-refractivity contribution in [2.24, 2.45) is 0 Å². The lowest BCUT2D eigenvalue weighted by Gasteiger charge is -2.24. The zero-order valence-corrected chi connectivity index (χ0v) is 15.3. The van der Waals surface area contributed by atoms with E-state index in [4.69, 9.17) is 4.74 Å². The van der Waals surface area contributed by atoms with Crippen LogP contribution in [0.15, 0.2) is 36.4 Å². The van der Waals surface area contributed by atoms with Gasteiger partial charge in [0.1, 0.15) is 11.8 Å². The molecule has 2 amide bonds. The van der Waals surface area contributed by atoms with E-state index in [2.05, 4.69) is 16.0 Å². The average molecular weight is 353 g/mol. The predicted molar refractivity (Wildman–Crippen MR) is 103 cm³/mol. The van der Waals surface area contributed by atoms with Crippen LogP contribution < -0.4 is 20.7 Å². The van der Waals surface area contributed by atoms with Crippen molar-refractivity contribution in [3.63, 3.8) is 0 Å². The zero-order valence-electron chi connectivity index (χ0n) is 15.3. The van der Waals surface area contributed by atoms with E-state index in [-0.39, 0.29) is 11.8 Å². The molecule has 1 aliphatic rings. The highest BCUT2D eigenvalue weighted by atomic mass is 16.5. The van der Waals surface area contributed by atoms with Crippen LogP contribution in [0.3, 0.4) is 0 Å². The molecule has 0 radical (unpaired) electrons. The Balaban J connectivity index is 1.69. The maximum atomic E-state index is 12.5. The van der Waals surface area contributed by atoms with Gasteiger partial charge in [0.15, 0.2) is 6.10 Å². The Hall–Kier alpha value is -3.02. The van der Waals surface area contributed by atoms with Crippen molar-refractivity contribution >= 4 is 28.9 Å². The highest BCUT2D eigenvalue weighted by Crippen LogP contribution is 2.32. The molecule has 0 aliphatic carbocycles. The Kier molecular flexibility index (Phi) is 4.84. The molecule has 2 atom stereocenters. The fourth-order valence-electron chi connectivity index (χ4n) is 2.73. The Labute approximate surface area is 152 Å². The molecular weight excluding hydrogens is 330 g/mol. The normalized spacial score (nSPS) is 16.8. The van der Waals surface area contributed by atoms with E-state index in [0.717, 1.165) is 22.5 Å². The SMILES string of the molecule is Cc1ccc(C)c(NC(=O)[C@@H](C)Nc2ccc3c(c2)NC(=O)[C@@H](C)O3)c1. The van der Waals surface area contributed by atoms with Crippen LogP contribution in [0.25, 0.3) is 0 Å². The molecule has 3 rings (SSSR count). The molecule has 6 nitrogen and oxygen atoms in total. The van der Waals surface area contributed by atoms with E-state index in [1.54, 1.807) is 26.0 Å². The smallest absolute Gasteiger partial charge is 0.265 e. The first kappa shape index (κ1) is 17.8. The molecule has 0 saturated heterocycles. The summed E-state index contributed by atoms with van der Waals surface area (Å²) in [4.78, 5) is 24.2. The van der Waals surface area contributed by atoms with Gasteiger partial charge < -0.3 is 20.7 Å². The number of ether oxygens (including phenoxy) is 1. The number of hydrogen-bond donors (Lipinski definition) is 3. The molecule has 6 heteroatoms. The molecule has 0 unspecified atom stereocenters. The maximum absolute atomic E-state index is 12.5.